The first-order chi connectivity index (χ1) is 8.62. The molecular formula is C14H16F2OS. The highest BCUT2D eigenvalue weighted by molar-refractivity contribution is 7.10. The average molecular weight is 270 g/mol. The van der Waals surface area contributed by atoms with Crippen molar-refractivity contribution in [2.75, 3.05) is 7.11 Å². The first-order valence-electron chi connectivity index (χ1n) is 5.52. The second-order valence-electron chi connectivity index (χ2n) is 3.72. The summed E-state index contributed by atoms with van der Waals surface area (Å²) in [5, 5.41) is 1.95. The molecule has 0 radical (unpaired) electrons. The number of ether oxygens (including phenoxy) is 1. The van der Waals surface area contributed by atoms with Crippen LogP contribution in [0, 0.1) is 6.92 Å². The number of hydrogen-bond acceptors (Lipinski definition) is 2. The van der Waals surface area contributed by atoms with Gasteiger partial charge in [-0.25, -0.2) is 8.78 Å². The molecule has 0 N–H and O–H groups in total. The van der Waals surface area contributed by atoms with Crippen LogP contribution in [0.15, 0.2) is 47.1 Å². The Hall–Kier alpha value is -1.42. The van der Waals surface area contributed by atoms with Gasteiger partial charge in [0.25, 0.3) is 0 Å². The van der Waals surface area contributed by atoms with E-state index in [1.807, 2.05) is 18.4 Å². The van der Waals surface area contributed by atoms with Crippen LogP contribution >= 0.6 is 11.3 Å². The molecule has 1 aromatic heterocycles. The highest BCUT2D eigenvalue weighted by Crippen LogP contribution is 2.24. The summed E-state index contributed by atoms with van der Waals surface area (Å²) in [7, 11) is 1.40. The lowest BCUT2D eigenvalue weighted by molar-refractivity contribution is 0.296. The summed E-state index contributed by atoms with van der Waals surface area (Å²) < 4.78 is 31.2. The van der Waals surface area contributed by atoms with Crippen molar-refractivity contribution in [1.29, 1.82) is 0 Å². The van der Waals surface area contributed by atoms with Gasteiger partial charge in [-0.1, -0.05) is 6.08 Å². The van der Waals surface area contributed by atoms with Gasteiger partial charge in [-0.15, -0.1) is 11.3 Å². The molecule has 0 bridgehead atoms. The molecule has 0 unspecified atom stereocenters. The summed E-state index contributed by atoms with van der Waals surface area (Å²) >= 11 is 1.55. The third kappa shape index (κ3) is 3.81. The van der Waals surface area contributed by atoms with E-state index in [2.05, 4.69) is 0 Å². The summed E-state index contributed by atoms with van der Waals surface area (Å²) in [6.07, 6.45) is 3.35. The van der Waals surface area contributed by atoms with Crippen LogP contribution in [0.3, 0.4) is 0 Å². The summed E-state index contributed by atoms with van der Waals surface area (Å²) in [4.78, 5) is 1.04. The predicted octanol–water partition coefficient (Wildman–Crippen LogP) is 4.86. The van der Waals surface area contributed by atoms with Gasteiger partial charge in [0.15, 0.2) is 0 Å². The highest BCUT2D eigenvalue weighted by Gasteiger charge is 2.10. The molecule has 0 aliphatic carbocycles. The van der Waals surface area contributed by atoms with Crippen molar-refractivity contribution >= 4 is 11.3 Å². The lowest BCUT2D eigenvalue weighted by Gasteiger charge is -2.09. The van der Waals surface area contributed by atoms with Crippen molar-refractivity contribution in [3.8, 4) is 0 Å². The molecular weight excluding hydrogens is 254 g/mol. The minimum absolute atomic E-state index is 0.209. The third-order valence-electron chi connectivity index (χ3n) is 2.53. The fourth-order valence-corrected chi connectivity index (χ4v) is 2.36. The van der Waals surface area contributed by atoms with E-state index in [-0.39, 0.29) is 5.76 Å². The number of rotatable bonds is 5. The number of thiophene rings is 1. The molecule has 0 aromatic carbocycles. The molecule has 0 spiro atoms. The molecule has 1 aromatic rings. The van der Waals surface area contributed by atoms with Gasteiger partial charge in [0.05, 0.1) is 13.4 Å². The molecule has 1 heterocycles. The Morgan fingerprint density at radius 2 is 2.22 bits per heavy atom. The number of halogens is 2. The van der Waals surface area contributed by atoms with Crippen LogP contribution in [0.1, 0.15) is 17.4 Å². The fourth-order valence-electron chi connectivity index (χ4n) is 1.43. The van der Waals surface area contributed by atoms with Crippen molar-refractivity contribution < 1.29 is 13.5 Å². The smallest absolute Gasteiger partial charge is 0.127 e. The van der Waals surface area contributed by atoms with Crippen molar-refractivity contribution in [2.24, 2.45) is 0 Å². The number of allylic oxidation sites excluding steroid dienone is 4. The first kappa shape index (κ1) is 14.6. The fraction of sp³-hybridized carbons (Fsp3) is 0.286. The van der Waals surface area contributed by atoms with E-state index in [0.717, 1.165) is 10.4 Å². The highest BCUT2D eigenvalue weighted by atomic mass is 32.1. The van der Waals surface area contributed by atoms with Crippen LogP contribution in [0.4, 0.5) is 8.78 Å². The minimum atomic E-state index is -0.450. The lowest BCUT2D eigenvalue weighted by Crippen LogP contribution is -1.97. The number of hydrogen-bond donors (Lipinski definition) is 0. The van der Waals surface area contributed by atoms with Crippen molar-refractivity contribution in [2.45, 2.75) is 20.3 Å². The minimum Gasteiger partial charge on any atom is -0.496 e. The van der Waals surface area contributed by atoms with Gasteiger partial charge in [-0.05, 0) is 30.9 Å². The van der Waals surface area contributed by atoms with E-state index in [9.17, 15) is 8.78 Å². The Morgan fingerprint density at radius 1 is 1.50 bits per heavy atom. The van der Waals surface area contributed by atoms with Crippen LogP contribution in [0.5, 0.6) is 0 Å². The zero-order valence-electron chi connectivity index (χ0n) is 10.7. The quantitative estimate of drug-likeness (QED) is 0.548. The summed E-state index contributed by atoms with van der Waals surface area (Å²) in [5.74, 6) is -0.241. The van der Waals surface area contributed by atoms with Gasteiger partial charge in [-0.2, -0.15) is 0 Å². The maximum atomic E-state index is 13.2. The van der Waals surface area contributed by atoms with Crippen molar-refractivity contribution in [1.82, 2.24) is 0 Å². The topological polar surface area (TPSA) is 9.23 Å². The molecule has 0 saturated carbocycles. The van der Waals surface area contributed by atoms with Crippen LogP contribution in [-0.4, -0.2) is 7.11 Å². The normalized spacial score (nSPS) is 13.9. The number of aryl methyl sites for hydroxylation is 1. The Morgan fingerprint density at radius 3 is 2.67 bits per heavy atom. The van der Waals surface area contributed by atoms with E-state index in [0.29, 0.717) is 18.3 Å². The van der Waals surface area contributed by atoms with Gasteiger partial charge in [0, 0.05) is 22.9 Å². The van der Waals surface area contributed by atoms with E-state index in [1.54, 1.807) is 18.3 Å². The molecule has 1 nitrogen and oxygen atoms in total. The predicted molar refractivity (Wildman–Crippen MR) is 71.9 cm³/mol. The van der Waals surface area contributed by atoms with Gasteiger partial charge in [0.1, 0.15) is 11.6 Å². The van der Waals surface area contributed by atoms with Gasteiger partial charge in [0.2, 0.25) is 0 Å². The van der Waals surface area contributed by atoms with Crippen molar-refractivity contribution in [3.05, 3.63) is 57.5 Å². The molecule has 0 amide bonds. The van der Waals surface area contributed by atoms with Crippen LogP contribution in [0.25, 0.3) is 0 Å². The second kappa shape index (κ2) is 7.11. The Balaban J connectivity index is 2.96. The summed E-state index contributed by atoms with van der Waals surface area (Å²) in [6, 6.07) is 1.97. The standard InChI is InChI=1S/C14H16F2OS/c1-4-12(16)8-13(17-3)11(9-15)7-14-10(2)5-6-18-14/h4-6,8-9H,7H2,1-3H3/b11-9+,12-4+,13-8+. The van der Waals surface area contributed by atoms with Gasteiger partial charge in [-0.3, -0.25) is 0 Å². The van der Waals surface area contributed by atoms with Crippen LogP contribution in [0.2, 0.25) is 0 Å². The summed E-state index contributed by atoms with van der Waals surface area (Å²) in [6.45, 7) is 3.53. The zero-order chi connectivity index (χ0) is 13.5. The Kier molecular flexibility index (Phi) is 5.78. The molecule has 1 rings (SSSR count). The van der Waals surface area contributed by atoms with Crippen LogP contribution in [-0.2, 0) is 11.2 Å². The molecule has 0 aliphatic heterocycles. The Bertz CT molecular complexity index is 484. The van der Waals surface area contributed by atoms with Gasteiger partial charge < -0.3 is 4.74 Å². The third-order valence-corrected chi connectivity index (χ3v) is 3.56. The largest absolute Gasteiger partial charge is 0.496 e. The Labute approximate surface area is 110 Å². The summed E-state index contributed by atoms with van der Waals surface area (Å²) in [5.41, 5.74) is 1.43. The SMILES string of the molecule is C\C=C(F)/C=C(OC)\C(=C\F)Cc1sccc1C. The van der Waals surface area contributed by atoms with Gasteiger partial charge >= 0.3 is 0 Å². The number of methoxy groups -OCH3 is 1. The molecule has 98 valence electrons. The van der Waals surface area contributed by atoms with E-state index < -0.39 is 5.83 Å². The monoisotopic (exact) mass is 270 g/mol. The van der Waals surface area contributed by atoms with Crippen molar-refractivity contribution in [3.63, 3.8) is 0 Å². The van der Waals surface area contributed by atoms with Crippen LogP contribution < -0.4 is 0 Å². The molecule has 18 heavy (non-hydrogen) atoms. The average Bonchev–Trinajstić information content (AvgIpc) is 2.78. The van der Waals surface area contributed by atoms with E-state index in [1.165, 1.54) is 19.3 Å². The zero-order valence-corrected chi connectivity index (χ0v) is 11.5. The second-order valence-corrected chi connectivity index (χ2v) is 4.72. The van der Waals surface area contributed by atoms with E-state index >= 15 is 0 Å². The molecule has 0 atom stereocenters. The van der Waals surface area contributed by atoms with E-state index in [4.69, 9.17) is 4.74 Å². The maximum Gasteiger partial charge on any atom is 0.127 e. The maximum absolute atomic E-state index is 13.2. The molecule has 0 fully saturated rings. The first-order valence-corrected chi connectivity index (χ1v) is 6.40. The molecule has 0 saturated heterocycles. The molecule has 4 heteroatoms. The lowest BCUT2D eigenvalue weighted by atomic mass is 10.1. The molecule has 0 aliphatic rings.